The molecule has 0 radical (unpaired) electrons. The highest BCUT2D eigenvalue weighted by atomic mass is 16.5. The standard InChI is InChI=1S/C11H20N4O/c1-3-10(16-2)9(15-13)7-8-5-4-6-14-11(8)12/h4-6,9-10,15H,3,7,13H2,1-2H3,(H2,12,14). The summed E-state index contributed by atoms with van der Waals surface area (Å²) in [6.45, 7) is 2.06. The Hall–Kier alpha value is -1.17. The molecule has 0 bridgehead atoms. The number of nitrogens with two attached hydrogens (primary N) is 2. The quantitative estimate of drug-likeness (QED) is 0.483. The molecule has 1 rings (SSSR count). The summed E-state index contributed by atoms with van der Waals surface area (Å²) in [5.74, 6) is 6.08. The number of nitrogen functional groups attached to an aromatic ring is 1. The highest BCUT2D eigenvalue weighted by molar-refractivity contribution is 5.39. The van der Waals surface area contributed by atoms with E-state index in [1.54, 1.807) is 13.3 Å². The molecule has 16 heavy (non-hydrogen) atoms. The molecule has 1 heterocycles. The first-order chi connectivity index (χ1) is 7.72. The second kappa shape index (κ2) is 6.42. The van der Waals surface area contributed by atoms with Gasteiger partial charge in [-0.25, -0.2) is 4.98 Å². The van der Waals surface area contributed by atoms with Gasteiger partial charge in [-0.3, -0.25) is 11.3 Å². The van der Waals surface area contributed by atoms with Gasteiger partial charge in [-0.1, -0.05) is 13.0 Å². The molecule has 1 aromatic heterocycles. The SMILES string of the molecule is CCC(OC)C(Cc1cccnc1N)NN. The fourth-order valence-electron chi connectivity index (χ4n) is 1.77. The number of pyridine rings is 1. The van der Waals surface area contributed by atoms with E-state index in [9.17, 15) is 0 Å². The van der Waals surface area contributed by atoms with E-state index >= 15 is 0 Å². The molecule has 0 saturated heterocycles. The minimum atomic E-state index is 0.0431. The van der Waals surface area contributed by atoms with Gasteiger partial charge in [-0.2, -0.15) is 0 Å². The number of rotatable bonds is 6. The molecule has 5 N–H and O–H groups in total. The number of hydrogen-bond donors (Lipinski definition) is 3. The van der Waals surface area contributed by atoms with Crippen molar-refractivity contribution in [3.8, 4) is 0 Å². The Bertz CT molecular complexity index is 315. The molecule has 0 aliphatic heterocycles. The predicted molar refractivity (Wildman–Crippen MR) is 64.6 cm³/mol. The average Bonchev–Trinajstić information content (AvgIpc) is 2.31. The summed E-state index contributed by atoms with van der Waals surface area (Å²) < 4.78 is 5.36. The van der Waals surface area contributed by atoms with Crippen molar-refractivity contribution < 1.29 is 4.74 Å². The minimum absolute atomic E-state index is 0.0431. The summed E-state index contributed by atoms with van der Waals surface area (Å²) in [5, 5.41) is 0. The molecule has 0 saturated carbocycles. The van der Waals surface area contributed by atoms with Gasteiger partial charge in [0.25, 0.3) is 0 Å². The molecule has 0 aliphatic rings. The van der Waals surface area contributed by atoms with Gasteiger partial charge in [-0.05, 0) is 24.5 Å². The molecule has 5 heteroatoms. The van der Waals surface area contributed by atoms with Crippen LogP contribution in [-0.4, -0.2) is 24.2 Å². The number of ether oxygens (including phenoxy) is 1. The summed E-state index contributed by atoms with van der Waals surface area (Å²) in [6, 6.07) is 3.86. The van der Waals surface area contributed by atoms with Crippen molar-refractivity contribution in [2.75, 3.05) is 12.8 Å². The molecule has 0 aliphatic carbocycles. The maximum absolute atomic E-state index is 5.79. The van der Waals surface area contributed by atoms with Crippen LogP contribution in [0, 0.1) is 0 Å². The van der Waals surface area contributed by atoms with Gasteiger partial charge in [0.05, 0.1) is 12.1 Å². The highest BCUT2D eigenvalue weighted by Gasteiger charge is 2.19. The third kappa shape index (κ3) is 3.16. The number of nitrogens with one attached hydrogen (secondary N) is 1. The maximum Gasteiger partial charge on any atom is 0.126 e. The molecule has 2 unspecified atom stereocenters. The maximum atomic E-state index is 5.79. The lowest BCUT2D eigenvalue weighted by Crippen LogP contribution is -2.46. The topological polar surface area (TPSA) is 86.2 Å². The van der Waals surface area contributed by atoms with Crippen LogP contribution in [0.4, 0.5) is 5.82 Å². The summed E-state index contributed by atoms with van der Waals surface area (Å²) in [7, 11) is 1.69. The van der Waals surface area contributed by atoms with E-state index in [0.717, 1.165) is 12.0 Å². The van der Waals surface area contributed by atoms with Gasteiger partial charge >= 0.3 is 0 Å². The minimum Gasteiger partial charge on any atom is -0.383 e. The molecular weight excluding hydrogens is 204 g/mol. The lowest BCUT2D eigenvalue weighted by molar-refractivity contribution is 0.0654. The molecule has 2 atom stereocenters. The summed E-state index contributed by atoms with van der Waals surface area (Å²) in [6.07, 6.45) is 3.36. The molecule has 0 fully saturated rings. The van der Waals surface area contributed by atoms with Crippen LogP contribution in [0.5, 0.6) is 0 Å². The second-order valence-corrected chi connectivity index (χ2v) is 3.71. The molecule has 90 valence electrons. The normalized spacial score (nSPS) is 14.7. The van der Waals surface area contributed by atoms with E-state index in [1.807, 2.05) is 12.1 Å². The Morgan fingerprint density at radius 3 is 2.81 bits per heavy atom. The molecule has 0 spiro atoms. The number of hydrazine groups is 1. The number of anilines is 1. The number of hydrogen-bond acceptors (Lipinski definition) is 5. The Kier molecular flexibility index (Phi) is 5.18. The smallest absolute Gasteiger partial charge is 0.126 e. The van der Waals surface area contributed by atoms with Crippen molar-refractivity contribution in [1.29, 1.82) is 0 Å². The highest BCUT2D eigenvalue weighted by Crippen LogP contribution is 2.13. The van der Waals surface area contributed by atoms with Crippen molar-refractivity contribution >= 4 is 5.82 Å². The van der Waals surface area contributed by atoms with Gasteiger partial charge in [0.2, 0.25) is 0 Å². The Balaban J connectivity index is 2.73. The van der Waals surface area contributed by atoms with E-state index < -0.39 is 0 Å². The monoisotopic (exact) mass is 224 g/mol. The largest absolute Gasteiger partial charge is 0.383 e. The first kappa shape index (κ1) is 12.9. The average molecular weight is 224 g/mol. The van der Waals surface area contributed by atoms with Gasteiger partial charge in [0.15, 0.2) is 0 Å². The second-order valence-electron chi connectivity index (χ2n) is 3.71. The first-order valence-electron chi connectivity index (χ1n) is 5.41. The van der Waals surface area contributed by atoms with E-state index in [-0.39, 0.29) is 12.1 Å². The Labute approximate surface area is 96.2 Å². The fourth-order valence-corrected chi connectivity index (χ4v) is 1.77. The number of aromatic nitrogens is 1. The van der Waals surface area contributed by atoms with E-state index in [4.69, 9.17) is 16.3 Å². The van der Waals surface area contributed by atoms with E-state index in [2.05, 4.69) is 17.3 Å². The third-order valence-corrected chi connectivity index (χ3v) is 2.73. The van der Waals surface area contributed by atoms with Crippen molar-refractivity contribution in [3.63, 3.8) is 0 Å². The Morgan fingerprint density at radius 2 is 2.31 bits per heavy atom. The number of methoxy groups -OCH3 is 1. The van der Waals surface area contributed by atoms with Gasteiger partial charge in [0, 0.05) is 13.3 Å². The van der Waals surface area contributed by atoms with Gasteiger partial charge < -0.3 is 10.5 Å². The van der Waals surface area contributed by atoms with Crippen LogP contribution in [0.15, 0.2) is 18.3 Å². The van der Waals surface area contributed by atoms with Crippen LogP contribution in [-0.2, 0) is 11.2 Å². The Morgan fingerprint density at radius 1 is 1.56 bits per heavy atom. The van der Waals surface area contributed by atoms with Crippen molar-refractivity contribution in [2.45, 2.75) is 31.9 Å². The predicted octanol–water partition coefficient (Wildman–Crippen LogP) is 0.463. The van der Waals surface area contributed by atoms with Crippen LogP contribution in [0.3, 0.4) is 0 Å². The zero-order valence-corrected chi connectivity index (χ0v) is 9.81. The molecule has 5 nitrogen and oxygen atoms in total. The van der Waals surface area contributed by atoms with Crippen LogP contribution < -0.4 is 17.0 Å². The van der Waals surface area contributed by atoms with Crippen LogP contribution in [0.1, 0.15) is 18.9 Å². The lowest BCUT2D eigenvalue weighted by atomic mass is 10.0. The zero-order chi connectivity index (χ0) is 12.0. The molecular formula is C11H20N4O. The summed E-state index contributed by atoms with van der Waals surface area (Å²) >= 11 is 0. The van der Waals surface area contributed by atoms with Crippen molar-refractivity contribution in [3.05, 3.63) is 23.9 Å². The zero-order valence-electron chi connectivity index (χ0n) is 9.81. The van der Waals surface area contributed by atoms with E-state index in [0.29, 0.717) is 12.2 Å². The summed E-state index contributed by atoms with van der Waals surface area (Å²) in [4.78, 5) is 4.05. The van der Waals surface area contributed by atoms with Crippen molar-refractivity contribution in [1.82, 2.24) is 10.4 Å². The van der Waals surface area contributed by atoms with Crippen molar-refractivity contribution in [2.24, 2.45) is 5.84 Å². The summed E-state index contributed by atoms with van der Waals surface area (Å²) in [5.41, 5.74) is 9.54. The van der Waals surface area contributed by atoms with E-state index in [1.165, 1.54) is 0 Å². The van der Waals surface area contributed by atoms with Gasteiger partial charge in [-0.15, -0.1) is 0 Å². The molecule has 1 aromatic rings. The molecule has 0 aromatic carbocycles. The molecule has 0 amide bonds. The van der Waals surface area contributed by atoms with Crippen LogP contribution in [0.25, 0.3) is 0 Å². The van der Waals surface area contributed by atoms with Crippen LogP contribution in [0.2, 0.25) is 0 Å². The number of nitrogens with zero attached hydrogens (tertiary/aromatic N) is 1. The lowest BCUT2D eigenvalue weighted by Gasteiger charge is -2.24. The first-order valence-corrected chi connectivity index (χ1v) is 5.41. The van der Waals surface area contributed by atoms with Crippen LogP contribution >= 0.6 is 0 Å². The fraction of sp³-hybridized carbons (Fsp3) is 0.545. The third-order valence-electron chi connectivity index (χ3n) is 2.73. The van der Waals surface area contributed by atoms with Gasteiger partial charge in [0.1, 0.15) is 5.82 Å².